The maximum Gasteiger partial charge on any atom is 0.265 e. The molecule has 24 heavy (non-hydrogen) atoms. The normalized spacial score (nSPS) is 17.5. The highest BCUT2D eigenvalue weighted by atomic mass is 32.1. The van der Waals surface area contributed by atoms with E-state index in [1.54, 1.807) is 0 Å². The van der Waals surface area contributed by atoms with E-state index in [1.807, 2.05) is 18.9 Å². The highest BCUT2D eigenvalue weighted by Gasteiger charge is 2.29. The molecule has 2 heterocycles. The minimum atomic E-state index is 0.139. The molecule has 0 unspecified atom stereocenters. The summed E-state index contributed by atoms with van der Waals surface area (Å²) in [6.07, 6.45) is 1.08. The fraction of sp³-hybridized carbons (Fsp3) is 0.474. The van der Waals surface area contributed by atoms with Crippen LogP contribution < -0.4 is 5.32 Å². The molecule has 3 rings (SSSR count). The number of rotatable bonds is 4. The third-order valence-corrected chi connectivity index (χ3v) is 5.85. The van der Waals surface area contributed by atoms with E-state index in [9.17, 15) is 4.79 Å². The number of hydrogen-bond acceptors (Lipinski definition) is 4. The Balaban J connectivity index is 1.83. The van der Waals surface area contributed by atoms with Crippen molar-refractivity contribution in [3.8, 4) is 10.6 Å². The van der Waals surface area contributed by atoms with Gasteiger partial charge in [-0.1, -0.05) is 23.8 Å². The molecule has 1 amide bonds. The van der Waals surface area contributed by atoms with Gasteiger partial charge in [0.05, 0.1) is 5.69 Å². The average molecular weight is 343 g/mol. The van der Waals surface area contributed by atoms with Gasteiger partial charge in [0.2, 0.25) is 0 Å². The van der Waals surface area contributed by atoms with Crippen LogP contribution in [0.3, 0.4) is 0 Å². The zero-order valence-corrected chi connectivity index (χ0v) is 15.7. The maximum atomic E-state index is 12.9. The molecule has 1 aliphatic heterocycles. The fourth-order valence-corrected chi connectivity index (χ4v) is 4.50. The summed E-state index contributed by atoms with van der Waals surface area (Å²) < 4.78 is 0. The van der Waals surface area contributed by atoms with Crippen LogP contribution in [-0.4, -0.2) is 42.5 Å². The van der Waals surface area contributed by atoms with Gasteiger partial charge in [-0.15, -0.1) is 11.3 Å². The molecule has 1 saturated heterocycles. The number of benzene rings is 1. The van der Waals surface area contributed by atoms with Crippen LogP contribution in [0.1, 0.15) is 32.9 Å². The van der Waals surface area contributed by atoms with Gasteiger partial charge in [-0.3, -0.25) is 4.79 Å². The van der Waals surface area contributed by atoms with Crippen molar-refractivity contribution in [2.75, 3.05) is 26.7 Å². The molecule has 2 aromatic rings. The van der Waals surface area contributed by atoms with Crippen molar-refractivity contribution in [1.82, 2.24) is 15.2 Å². The monoisotopic (exact) mass is 343 g/mol. The lowest BCUT2D eigenvalue weighted by atomic mass is 10.1. The quantitative estimate of drug-likeness (QED) is 0.925. The van der Waals surface area contributed by atoms with Gasteiger partial charge in [0.25, 0.3) is 5.91 Å². The summed E-state index contributed by atoms with van der Waals surface area (Å²) in [7, 11) is 1.97. The predicted molar refractivity (Wildman–Crippen MR) is 99.7 cm³/mol. The number of aryl methyl sites for hydroxylation is 3. The summed E-state index contributed by atoms with van der Waals surface area (Å²) >= 11 is 1.52. The Morgan fingerprint density at radius 1 is 1.38 bits per heavy atom. The maximum absolute atomic E-state index is 12.9. The van der Waals surface area contributed by atoms with Crippen molar-refractivity contribution in [3.63, 3.8) is 0 Å². The highest BCUT2D eigenvalue weighted by Crippen LogP contribution is 2.32. The number of thiazole rings is 1. The Morgan fingerprint density at radius 3 is 2.88 bits per heavy atom. The molecule has 1 N–H and O–H groups in total. The molecular weight excluding hydrogens is 318 g/mol. The largest absolute Gasteiger partial charge is 0.338 e. The van der Waals surface area contributed by atoms with Crippen molar-refractivity contribution >= 4 is 17.2 Å². The second-order valence-electron chi connectivity index (χ2n) is 6.72. The van der Waals surface area contributed by atoms with Gasteiger partial charge >= 0.3 is 0 Å². The van der Waals surface area contributed by atoms with Crippen molar-refractivity contribution in [1.29, 1.82) is 0 Å². The van der Waals surface area contributed by atoms with Gasteiger partial charge in [-0.25, -0.2) is 4.98 Å². The van der Waals surface area contributed by atoms with Gasteiger partial charge in [0.1, 0.15) is 9.88 Å². The standard InChI is InChI=1S/C19H25N3OS/c1-12-5-6-16(13(2)9-12)18-21-14(3)17(24-18)19(23)22-8-7-15(11-22)10-20-4/h5-6,9,15,20H,7-8,10-11H2,1-4H3/t15-/m0/s1. The van der Waals surface area contributed by atoms with Gasteiger partial charge in [0.15, 0.2) is 0 Å². The summed E-state index contributed by atoms with van der Waals surface area (Å²) in [4.78, 5) is 20.3. The molecule has 1 aliphatic rings. The summed E-state index contributed by atoms with van der Waals surface area (Å²) in [6, 6.07) is 6.37. The van der Waals surface area contributed by atoms with Gasteiger partial charge in [-0.2, -0.15) is 0 Å². The topological polar surface area (TPSA) is 45.2 Å². The van der Waals surface area contributed by atoms with E-state index in [0.717, 1.165) is 47.2 Å². The van der Waals surface area contributed by atoms with Crippen molar-refractivity contribution in [2.45, 2.75) is 27.2 Å². The van der Waals surface area contributed by atoms with Crippen molar-refractivity contribution in [3.05, 3.63) is 39.9 Å². The number of carbonyl (C=O) groups excluding carboxylic acids is 1. The number of carbonyl (C=O) groups is 1. The molecule has 0 radical (unpaired) electrons. The molecule has 1 aromatic heterocycles. The number of aromatic nitrogens is 1. The van der Waals surface area contributed by atoms with E-state index >= 15 is 0 Å². The van der Waals surface area contributed by atoms with E-state index in [0.29, 0.717) is 5.92 Å². The third-order valence-electron chi connectivity index (χ3n) is 4.67. The fourth-order valence-electron chi connectivity index (χ4n) is 3.38. The molecule has 0 spiro atoms. The minimum absolute atomic E-state index is 0.139. The number of nitrogens with one attached hydrogen (secondary N) is 1. The second kappa shape index (κ2) is 7.03. The van der Waals surface area contributed by atoms with E-state index in [-0.39, 0.29) is 5.91 Å². The zero-order valence-electron chi connectivity index (χ0n) is 14.8. The average Bonchev–Trinajstić information content (AvgIpc) is 3.14. The summed E-state index contributed by atoms with van der Waals surface area (Å²) in [5, 5.41) is 4.15. The Bertz CT molecular complexity index is 753. The van der Waals surface area contributed by atoms with E-state index in [2.05, 4.69) is 42.3 Å². The number of likely N-dealkylation sites (tertiary alicyclic amines) is 1. The van der Waals surface area contributed by atoms with Crippen LogP contribution in [0.5, 0.6) is 0 Å². The first-order valence-electron chi connectivity index (χ1n) is 8.48. The lowest BCUT2D eigenvalue weighted by Gasteiger charge is -2.15. The molecule has 0 bridgehead atoms. The van der Waals surface area contributed by atoms with E-state index in [1.165, 1.54) is 22.5 Å². The summed E-state index contributed by atoms with van der Waals surface area (Å²) in [6.45, 7) is 8.80. The first-order valence-corrected chi connectivity index (χ1v) is 9.30. The molecule has 1 fully saturated rings. The first kappa shape index (κ1) is 17.1. The SMILES string of the molecule is CNC[C@@H]1CCN(C(=O)c2sc(-c3ccc(C)cc3C)nc2C)C1. The molecule has 1 aromatic carbocycles. The summed E-state index contributed by atoms with van der Waals surface area (Å²) in [5.41, 5.74) is 4.42. The van der Waals surface area contributed by atoms with Crippen LogP contribution in [0.25, 0.3) is 10.6 Å². The molecular formula is C19H25N3OS. The molecule has 0 saturated carbocycles. The number of hydrogen-bond donors (Lipinski definition) is 1. The van der Waals surface area contributed by atoms with Crippen LogP contribution in [0.15, 0.2) is 18.2 Å². The van der Waals surface area contributed by atoms with Gasteiger partial charge in [-0.05, 0) is 52.3 Å². The Labute approximate surface area is 147 Å². The third kappa shape index (κ3) is 3.37. The van der Waals surface area contributed by atoms with Gasteiger partial charge in [0, 0.05) is 18.7 Å². The van der Waals surface area contributed by atoms with Crippen LogP contribution in [0.2, 0.25) is 0 Å². The summed E-state index contributed by atoms with van der Waals surface area (Å²) in [5.74, 6) is 0.700. The number of nitrogens with zero attached hydrogens (tertiary/aromatic N) is 2. The van der Waals surface area contributed by atoms with E-state index in [4.69, 9.17) is 0 Å². The predicted octanol–water partition coefficient (Wildman–Crippen LogP) is 3.42. The Hall–Kier alpha value is -1.72. The second-order valence-corrected chi connectivity index (χ2v) is 7.71. The highest BCUT2D eigenvalue weighted by molar-refractivity contribution is 7.17. The van der Waals surface area contributed by atoms with Crippen LogP contribution in [-0.2, 0) is 0 Å². The molecule has 1 atom stereocenters. The Kier molecular flexibility index (Phi) is 5.01. The van der Waals surface area contributed by atoms with Crippen molar-refractivity contribution < 1.29 is 4.79 Å². The molecule has 128 valence electrons. The smallest absolute Gasteiger partial charge is 0.265 e. The zero-order chi connectivity index (χ0) is 17.3. The van der Waals surface area contributed by atoms with Crippen LogP contribution in [0, 0.1) is 26.7 Å². The van der Waals surface area contributed by atoms with E-state index < -0.39 is 0 Å². The molecule has 4 nitrogen and oxygen atoms in total. The number of amides is 1. The first-order chi connectivity index (χ1) is 11.5. The molecule has 0 aliphatic carbocycles. The molecule has 5 heteroatoms. The van der Waals surface area contributed by atoms with Crippen LogP contribution in [0.4, 0.5) is 0 Å². The van der Waals surface area contributed by atoms with Gasteiger partial charge < -0.3 is 10.2 Å². The lowest BCUT2D eigenvalue weighted by Crippen LogP contribution is -2.30. The van der Waals surface area contributed by atoms with Crippen molar-refractivity contribution in [2.24, 2.45) is 5.92 Å². The lowest BCUT2D eigenvalue weighted by molar-refractivity contribution is 0.0791. The van der Waals surface area contributed by atoms with Crippen LogP contribution >= 0.6 is 11.3 Å². The Morgan fingerprint density at radius 2 is 2.17 bits per heavy atom. The minimum Gasteiger partial charge on any atom is -0.338 e.